The van der Waals surface area contributed by atoms with Gasteiger partial charge in [-0.3, -0.25) is 0 Å². The van der Waals surface area contributed by atoms with Crippen LogP contribution in [0.3, 0.4) is 0 Å². The number of rotatable bonds is 4. The number of carboxylic acid groups (broad SMARTS) is 1. The topological polar surface area (TPSA) is 66.8 Å². The molecule has 2 N–H and O–H groups in total. The Morgan fingerprint density at radius 1 is 1.21 bits per heavy atom. The van der Waals surface area contributed by atoms with Crippen LogP contribution in [0.2, 0.25) is 5.02 Å². The second-order valence-corrected chi connectivity index (χ2v) is 4.34. The maximum absolute atomic E-state index is 11.1. The molecular formula is C14H11ClO4. The summed E-state index contributed by atoms with van der Waals surface area (Å²) >= 11 is 5.75. The molecule has 0 aliphatic heterocycles. The number of hydrogen-bond donors (Lipinski definition) is 2. The average molecular weight is 279 g/mol. The standard InChI is InChI=1S/C14H11ClO4/c15-10-4-5-13(12(7-10)14(17)18)19-8-9-2-1-3-11(16)6-9/h1-7,16H,8H2,(H,17,18). The Hall–Kier alpha value is -2.20. The summed E-state index contributed by atoms with van der Waals surface area (Å²) in [5, 5.41) is 18.7. The predicted molar refractivity (Wildman–Crippen MR) is 70.9 cm³/mol. The molecule has 0 aliphatic rings. The van der Waals surface area contributed by atoms with Crippen molar-refractivity contribution in [3.05, 3.63) is 58.6 Å². The molecule has 2 aromatic rings. The van der Waals surface area contributed by atoms with Gasteiger partial charge in [-0.25, -0.2) is 4.79 Å². The fourth-order valence-corrected chi connectivity index (χ4v) is 1.77. The number of carbonyl (C=O) groups is 1. The monoisotopic (exact) mass is 278 g/mol. The van der Waals surface area contributed by atoms with Crippen molar-refractivity contribution in [2.45, 2.75) is 6.61 Å². The van der Waals surface area contributed by atoms with Crippen molar-refractivity contribution in [3.63, 3.8) is 0 Å². The van der Waals surface area contributed by atoms with Crippen LogP contribution >= 0.6 is 11.6 Å². The molecule has 0 spiro atoms. The number of hydrogen-bond acceptors (Lipinski definition) is 3. The van der Waals surface area contributed by atoms with E-state index in [0.717, 1.165) is 5.56 Å². The van der Waals surface area contributed by atoms with Crippen molar-refractivity contribution in [2.75, 3.05) is 0 Å². The summed E-state index contributed by atoms with van der Waals surface area (Å²) < 4.78 is 5.44. The molecule has 0 unspecified atom stereocenters. The van der Waals surface area contributed by atoms with Gasteiger partial charge in [-0.1, -0.05) is 23.7 Å². The van der Waals surface area contributed by atoms with Gasteiger partial charge in [-0.05, 0) is 35.9 Å². The van der Waals surface area contributed by atoms with Crippen LogP contribution in [0, 0.1) is 0 Å². The van der Waals surface area contributed by atoms with E-state index in [0.29, 0.717) is 5.02 Å². The Morgan fingerprint density at radius 3 is 2.68 bits per heavy atom. The molecule has 2 rings (SSSR count). The van der Waals surface area contributed by atoms with Crippen LogP contribution in [0.1, 0.15) is 15.9 Å². The third kappa shape index (κ3) is 3.39. The van der Waals surface area contributed by atoms with E-state index in [1.807, 2.05) is 0 Å². The normalized spacial score (nSPS) is 10.2. The second-order valence-electron chi connectivity index (χ2n) is 3.90. The van der Waals surface area contributed by atoms with Crippen molar-refractivity contribution in [1.82, 2.24) is 0 Å². The first-order valence-corrected chi connectivity index (χ1v) is 5.87. The Balaban J connectivity index is 2.17. The predicted octanol–water partition coefficient (Wildman–Crippen LogP) is 3.32. The maximum atomic E-state index is 11.1. The van der Waals surface area contributed by atoms with Gasteiger partial charge in [0.1, 0.15) is 23.7 Å². The molecular weight excluding hydrogens is 268 g/mol. The van der Waals surface area contributed by atoms with Crippen LogP contribution in [0.25, 0.3) is 0 Å². The second kappa shape index (κ2) is 5.63. The van der Waals surface area contributed by atoms with E-state index in [-0.39, 0.29) is 23.7 Å². The van der Waals surface area contributed by atoms with E-state index in [1.165, 1.54) is 12.1 Å². The summed E-state index contributed by atoms with van der Waals surface area (Å²) in [6.07, 6.45) is 0. The highest BCUT2D eigenvalue weighted by Crippen LogP contribution is 2.24. The van der Waals surface area contributed by atoms with E-state index in [9.17, 15) is 9.90 Å². The van der Waals surface area contributed by atoms with Crippen molar-refractivity contribution in [2.24, 2.45) is 0 Å². The summed E-state index contributed by atoms with van der Waals surface area (Å²) in [4.78, 5) is 11.1. The molecule has 98 valence electrons. The maximum Gasteiger partial charge on any atom is 0.339 e. The Labute approximate surface area is 114 Å². The number of phenols is 1. The van der Waals surface area contributed by atoms with Gasteiger partial charge in [0, 0.05) is 5.02 Å². The fourth-order valence-electron chi connectivity index (χ4n) is 1.60. The molecule has 5 heteroatoms. The molecule has 0 radical (unpaired) electrons. The lowest BCUT2D eigenvalue weighted by Gasteiger charge is -2.09. The minimum Gasteiger partial charge on any atom is -0.508 e. The van der Waals surface area contributed by atoms with E-state index in [1.54, 1.807) is 30.3 Å². The van der Waals surface area contributed by atoms with Crippen molar-refractivity contribution >= 4 is 17.6 Å². The summed E-state index contributed by atoms with van der Waals surface area (Å²) in [6, 6.07) is 11.0. The van der Waals surface area contributed by atoms with E-state index >= 15 is 0 Å². The van der Waals surface area contributed by atoms with Gasteiger partial charge in [0.05, 0.1) is 0 Å². The lowest BCUT2D eigenvalue weighted by Crippen LogP contribution is -2.03. The van der Waals surface area contributed by atoms with Crippen molar-refractivity contribution in [3.8, 4) is 11.5 Å². The molecule has 0 bridgehead atoms. The smallest absolute Gasteiger partial charge is 0.339 e. The largest absolute Gasteiger partial charge is 0.508 e. The zero-order valence-electron chi connectivity index (χ0n) is 9.84. The van der Waals surface area contributed by atoms with Gasteiger partial charge in [-0.2, -0.15) is 0 Å². The molecule has 19 heavy (non-hydrogen) atoms. The SMILES string of the molecule is O=C(O)c1cc(Cl)ccc1OCc1cccc(O)c1. The number of benzene rings is 2. The first-order chi connectivity index (χ1) is 9.06. The van der Waals surface area contributed by atoms with Gasteiger partial charge >= 0.3 is 5.97 Å². The molecule has 0 aromatic heterocycles. The first kappa shape index (κ1) is 13.2. The molecule has 0 fully saturated rings. The molecule has 0 heterocycles. The van der Waals surface area contributed by atoms with Gasteiger partial charge < -0.3 is 14.9 Å². The lowest BCUT2D eigenvalue weighted by molar-refractivity contribution is 0.0691. The molecule has 0 atom stereocenters. The number of ether oxygens (including phenoxy) is 1. The molecule has 4 nitrogen and oxygen atoms in total. The van der Waals surface area contributed by atoms with Gasteiger partial charge in [-0.15, -0.1) is 0 Å². The molecule has 0 saturated heterocycles. The average Bonchev–Trinajstić information content (AvgIpc) is 2.37. The Kier molecular flexibility index (Phi) is 3.92. The molecule has 0 aliphatic carbocycles. The van der Waals surface area contributed by atoms with Crippen molar-refractivity contribution in [1.29, 1.82) is 0 Å². The van der Waals surface area contributed by atoms with Crippen LogP contribution in [0.15, 0.2) is 42.5 Å². The van der Waals surface area contributed by atoms with Crippen molar-refractivity contribution < 1.29 is 19.7 Å². The highest BCUT2D eigenvalue weighted by Gasteiger charge is 2.12. The fraction of sp³-hybridized carbons (Fsp3) is 0.0714. The van der Waals surface area contributed by atoms with Crippen LogP contribution in [0.4, 0.5) is 0 Å². The molecule has 2 aromatic carbocycles. The number of aromatic carboxylic acids is 1. The van der Waals surface area contributed by atoms with Crippen LogP contribution in [-0.2, 0) is 6.61 Å². The van der Waals surface area contributed by atoms with Gasteiger partial charge in [0.25, 0.3) is 0 Å². The minimum absolute atomic E-state index is 0.00709. The van der Waals surface area contributed by atoms with Crippen LogP contribution in [-0.4, -0.2) is 16.2 Å². The number of aromatic hydroxyl groups is 1. The van der Waals surface area contributed by atoms with E-state index < -0.39 is 5.97 Å². The summed E-state index contributed by atoms with van der Waals surface area (Å²) in [6.45, 7) is 0.163. The minimum atomic E-state index is -1.10. The zero-order chi connectivity index (χ0) is 13.8. The highest BCUT2D eigenvalue weighted by atomic mass is 35.5. The molecule has 0 amide bonds. The zero-order valence-corrected chi connectivity index (χ0v) is 10.6. The molecule has 0 saturated carbocycles. The summed E-state index contributed by atoms with van der Waals surface area (Å²) in [5.74, 6) is -0.732. The number of halogens is 1. The van der Waals surface area contributed by atoms with Gasteiger partial charge in [0.2, 0.25) is 0 Å². The van der Waals surface area contributed by atoms with E-state index in [4.69, 9.17) is 21.4 Å². The van der Waals surface area contributed by atoms with E-state index in [2.05, 4.69) is 0 Å². The highest BCUT2D eigenvalue weighted by molar-refractivity contribution is 6.31. The Morgan fingerprint density at radius 2 is 2.00 bits per heavy atom. The number of phenolic OH excluding ortho intramolecular Hbond substituents is 1. The Bertz CT molecular complexity index is 610. The quantitative estimate of drug-likeness (QED) is 0.900. The lowest BCUT2D eigenvalue weighted by atomic mass is 10.2. The summed E-state index contributed by atoms with van der Waals surface area (Å²) in [7, 11) is 0. The van der Waals surface area contributed by atoms with Crippen LogP contribution < -0.4 is 4.74 Å². The first-order valence-electron chi connectivity index (χ1n) is 5.50. The van der Waals surface area contributed by atoms with Crippen LogP contribution in [0.5, 0.6) is 11.5 Å². The summed E-state index contributed by atoms with van der Waals surface area (Å²) in [5.41, 5.74) is 0.749. The van der Waals surface area contributed by atoms with Gasteiger partial charge in [0.15, 0.2) is 0 Å². The number of carboxylic acids is 1. The third-order valence-corrected chi connectivity index (χ3v) is 2.71. The third-order valence-electron chi connectivity index (χ3n) is 2.48.